The molecule has 0 bridgehead atoms. The Morgan fingerprint density at radius 2 is 1.94 bits per heavy atom. The molecule has 1 aliphatic carbocycles. The van der Waals surface area contributed by atoms with Gasteiger partial charge in [-0.1, -0.05) is 0 Å². The molecule has 18 heavy (non-hydrogen) atoms. The Hall–Kier alpha value is -0.810. The predicted octanol–water partition coefficient (Wildman–Crippen LogP) is 0.335. The second-order valence-electron chi connectivity index (χ2n) is 4.95. The highest BCUT2D eigenvalue weighted by molar-refractivity contribution is 5.85. The molecule has 2 fully saturated rings. The zero-order chi connectivity index (χ0) is 12.1. The molecule has 1 aliphatic heterocycles. The zero-order valence-corrected chi connectivity index (χ0v) is 11.4. The van der Waals surface area contributed by atoms with E-state index in [2.05, 4.69) is 16.0 Å². The van der Waals surface area contributed by atoms with Crippen molar-refractivity contribution in [2.24, 2.45) is 0 Å². The lowest BCUT2D eigenvalue weighted by Crippen LogP contribution is -2.38. The highest BCUT2D eigenvalue weighted by Crippen LogP contribution is 2.18. The molecule has 0 aromatic rings. The van der Waals surface area contributed by atoms with Crippen LogP contribution in [0.25, 0.3) is 0 Å². The summed E-state index contributed by atoms with van der Waals surface area (Å²) >= 11 is 0. The van der Waals surface area contributed by atoms with E-state index in [0.717, 1.165) is 32.2 Å². The Morgan fingerprint density at radius 1 is 1.17 bits per heavy atom. The second-order valence-corrected chi connectivity index (χ2v) is 4.95. The number of carbonyl (C=O) groups is 2. The van der Waals surface area contributed by atoms with Crippen molar-refractivity contribution < 1.29 is 9.59 Å². The molecule has 0 aromatic heterocycles. The monoisotopic (exact) mass is 275 g/mol. The SMILES string of the molecule is Cl.O=C(CCC1CCCN1)NCC(=O)NC1CC1. The molecular weight excluding hydrogens is 254 g/mol. The van der Waals surface area contributed by atoms with Gasteiger partial charge in [0.1, 0.15) is 0 Å². The van der Waals surface area contributed by atoms with Crippen LogP contribution in [0.15, 0.2) is 0 Å². The molecule has 2 rings (SSSR count). The maximum Gasteiger partial charge on any atom is 0.239 e. The maximum atomic E-state index is 11.5. The van der Waals surface area contributed by atoms with Gasteiger partial charge in [-0.3, -0.25) is 9.59 Å². The molecule has 3 N–H and O–H groups in total. The van der Waals surface area contributed by atoms with Crippen LogP contribution in [0.1, 0.15) is 38.5 Å². The lowest BCUT2D eigenvalue weighted by molar-refractivity contribution is -0.126. The number of rotatable bonds is 6. The van der Waals surface area contributed by atoms with E-state index < -0.39 is 0 Å². The summed E-state index contributed by atoms with van der Waals surface area (Å²) in [5, 5.41) is 8.85. The summed E-state index contributed by atoms with van der Waals surface area (Å²) < 4.78 is 0. The summed E-state index contributed by atoms with van der Waals surface area (Å²) in [5.41, 5.74) is 0. The van der Waals surface area contributed by atoms with Gasteiger partial charge in [0.05, 0.1) is 6.54 Å². The first kappa shape index (κ1) is 15.2. The van der Waals surface area contributed by atoms with E-state index in [1.165, 1.54) is 6.42 Å². The van der Waals surface area contributed by atoms with Crippen LogP contribution in [0.2, 0.25) is 0 Å². The van der Waals surface area contributed by atoms with Crippen LogP contribution in [-0.2, 0) is 9.59 Å². The van der Waals surface area contributed by atoms with Crippen molar-refractivity contribution in [2.45, 2.75) is 50.6 Å². The fourth-order valence-electron chi connectivity index (χ4n) is 2.08. The number of halogens is 1. The number of hydrogen-bond donors (Lipinski definition) is 3. The molecule has 1 unspecified atom stereocenters. The van der Waals surface area contributed by atoms with Crippen molar-refractivity contribution in [3.8, 4) is 0 Å². The molecule has 1 heterocycles. The van der Waals surface area contributed by atoms with Gasteiger partial charge in [0.25, 0.3) is 0 Å². The van der Waals surface area contributed by atoms with Crippen LogP contribution in [0.4, 0.5) is 0 Å². The molecular formula is C12H22ClN3O2. The second kappa shape index (κ2) is 7.59. The molecule has 1 atom stereocenters. The molecule has 5 nitrogen and oxygen atoms in total. The number of nitrogens with one attached hydrogen (secondary N) is 3. The van der Waals surface area contributed by atoms with Crippen LogP contribution in [0.3, 0.4) is 0 Å². The third-order valence-electron chi connectivity index (χ3n) is 3.27. The van der Waals surface area contributed by atoms with E-state index in [1.54, 1.807) is 0 Å². The van der Waals surface area contributed by atoms with Crippen molar-refractivity contribution >= 4 is 24.2 Å². The standard InChI is InChI=1S/C12H21N3O2.ClH/c16-11(6-5-9-2-1-7-13-9)14-8-12(17)15-10-3-4-10;/h9-10,13H,1-8H2,(H,14,16)(H,15,17);1H. The normalized spacial score (nSPS) is 22.1. The summed E-state index contributed by atoms with van der Waals surface area (Å²) in [7, 11) is 0. The van der Waals surface area contributed by atoms with Gasteiger partial charge >= 0.3 is 0 Å². The van der Waals surface area contributed by atoms with Gasteiger partial charge in [0.15, 0.2) is 0 Å². The van der Waals surface area contributed by atoms with Gasteiger partial charge in [-0.25, -0.2) is 0 Å². The van der Waals surface area contributed by atoms with Crippen molar-refractivity contribution in [3.63, 3.8) is 0 Å². The Balaban J connectivity index is 0.00000162. The average Bonchev–Trinajstić information content (AvgIpc) is 2.96. The summed E-state index contributed by atoms with van der Waals surface area (Å²) in [6.45, 7) is 1.18. The zero-order valence-electron chi connectivity index (χ0n) is 10.5. The van der Waals surface area contributed by atoms with Gasteiger partial charge < -0.3 is 16.0 Å². The first-order valence-electron chi connectivity index (χ1n) is 6.53. The third kappa shape index (κ3) is 5.69. The molecule has 2 aliphatic rings. The maximum absolute atomic E-state index is 11.5. The van der Waals surface area contributed by atoms with E-state index in [4.69, 9.17) is 0 Å². The highest BCUT2D eigenvalue weighted by Gasteiger charge is 2.23. The number of amides is 2. The van der Waals surface area contributed by atoms with Crippen LogP contribution in [0, 0.1) is 0 Å². The third-order valence-corrected chi connectivity index (χ3v) is 3.27. The summed E-state index contributed by atoms with van der Waals surface area (Å²) in [6.07, 6.45) is 5.90. The van der Waals surface area contributed by atoms with Crippen molar-refractivity contribution in [2.75, 3.05) is 13.1 Å². The van der Waals surface area contributed by atoms with Crippen molar-refractivity contribution in [1.29, 1.82) is 0 Å². The Morgan fingerprint density at radius 3 is 2.56 bits per heavy atom. The number of hydrogen-bond acceptors (Lipinski definition) is 3. The van der Waals surface area contributed by atoms with Crippen LogP contribution in [0.5, 0.6) is 0 Å². The van der Waals surface area contributed by atoms with Gasteiger partial charge in [-0.2, -0.15) is 0 Å². The van der Waals surface area contributed by atoms with Crippen molar-refractivity contribution in [3.05, 3.63) is 0 Å². The van der Waals surface area contributed by atoms with Crippen LogP contribution < -0.4 is 16.0 Å². The van der Waals surface area contributed by atoms with E-state index in [0.29, 0.717) is 18.5 Å². The largest absolute Gasteiger partial charge is 0.352 e. The quantitative estimate of drug-likeness (QED) is 0.655. The highest BCUT2D eigenvalue weighted by atomic mass is 35.5. The Bertz CT molecular complexity index is 289. The van der Waals surface area contributed by atoms with Gasteiger partial charge in [-0.05, 0) is 38.6 Å². The molecule has 0 radical (unpaired) electrons. The van der Waals surface area contributed by atoms with E-state index in [-0.39, 0.29) is 30.8 Å². The van der Waals surface area contributed by atoms with Gasteiger partial charge in [-0.15, -0.1) is 12.4 Å². The molecule has 1 saturated heterocycles. The van der Waals surface area contributed by atoms with E-state index >= 15 is 0 Å². The molecule has 1 saturated carbocycles. The first-order valence-corrected chi connectivity index (χ1v) is 6.53. The van der Waals surface area contributed by atoms with Crippen LogP contribution in [-0.4, -0.2) is 37.0 Å². The van der Waals surface area contributed by atoms with Crippen molar-refractivity contribution in [1.82, 2.24) is 16.0 Å². The minimum Gasteiger partial charge on any atom is -0.352 e. The summed E-state index contributed by atoms with van der Waals surface area (Å²) in [6, 6.07) is 0.850. The Labute approximate surface area is 114 Å². The van der Waals surface area contributed by atoms with E-state index in [9.17, 15) is 9.59 Å². The fraction of sp³-hybridized carbons (Fsp3) is 0.833. The molecule has 0 spiro atoms. The molecule has 104 valence electrons. The predicted molar refractivity (Wildman–Crippen MR) is 71.7 cm³/mol. The lowest BCUT2D eigenvalue weighted by Gasteiger charge is -2.10. The van der Waals surface area contributed by atoms with Crippen LogP contribution >= 0.6 is 12.4 Å². The summed E-state index contributed by atoms with van der Waals surface area (Å²) in [5.74, 6) is -0.0931. The smallest absolute Gasteiger partial charge is 0.239 e. The Kier molecular flexibility index (Phi) is 6.43. The molecule has 2 amide bonds. The first-order chi connectivity index (χ1) is 8.24. The molecule has 0 aromatic carbocycles. The minimum absolute atomic E-state index is 0. The average molecular weight is 276 g/mol. The van der Waals surface area contributed by atoms with E-state index in [1.807, 2.05) is 0 Å². The minimum atomic E-state index is -0.0696. The number of carbonyl (C=O) groups excluding carboxylic acids is 2. The van der Waals surface area contributed by atoms with Gasteiger partial charge in [0.2, 0.25) is 11.8 Å². The fourth-order valence-corrected chi connectivity index (χ4v) is 2.08. The topological polar surface area (TPSA) is 70.2 Å². The van der Waals surface area contributed by atoms with Gasteiger partial charge in [0, 0.05) is 18.5 Å². The summed E-state index contributed by atoms with van der Waals surface area (Å²) in [4.78, 5) is 22.8. The lowest BCUT2D eigenvalue weighted by atomic mass is 10.1. The molecule has 6 heteroatoms.